The Morgan fingerprint density at radius 3 is 2.86 bits per heavy atom. The number of rotatable bonds is 2. The van der Waals surface area contributed by atoms with Crippen molar-refractivity contribution in [2.45, 2.75) is 29.7 Å². The van der Waals surface area contributed by atoms with E-state index >= 15 is 0 Å². The van der Waals surface area contributed by atoms with E-state index in [1.165, 1.54) is 6.20 Å². The number of fused-ring (bicyclic) bond motifs is 3. The molecule has 5 heterocycles. The summed E-state index contributed by atoms with van der Waals surface area (Å²) >= 11 is 0. The van der Waals surface area contributed by atoms with Crippen LogP contribution in [0.5, 0.6) is 0 Å². The summed E-state index contributed by atoms with van der Waals surface area (Å²) in [4.78, 5) is 19.1. The van der Waals surface area contributed by atoms with E-state index in [9.17, 15) is 13.2 Å². The van der Waals surface area contributed by atoms with Crippen LogP contribution < -0.4 is 5.32 Å². The van der Waals surface area contributed by atoms with E-state index in [2.05, 4.69) is 10.3 Å². The van der Waals surface area contributed by atoms with Gasteiger partial charge in [-0.1, -0.05) is 0 Å². The van der Waals surface area contributed by atoms with Gasteiger partial charge in [0.05, 0.1) is 30.7 Å². The van der Waals surface area contributed by atoms with Crippen LogP contribution in [0.2, 0.25) is 0 Å². The Kier molecular flexibility index (Phi) is 4.64. The minimum Gasteiger partial charge on any atom is -0.378 e. The van der Waals surface area contributed by atoms with Crippen LogP contribution in [-0.4, -0.2) is 73.4 Å². The summed E-state index contributed by atoms with van der Waals surface area (Å²) in [5, 5.41) is 8.16. The van der Waals surface area contributed by atoms with Crippen molar-refractivity contribution in [3.63, 3.8) is 0 Å². The number of hydrogen-bond donors (Lipinski definition) is 1. The molecule has 154 valence electrons. The minimum absolute atomic E-state index is 0.0672. The zero-order valence-electron chi connectivity index (χ0n) is 16.0. The zero-order chi connectivity index (χ0) is 20.0. The average molecular weight is 417 g/mol. The lowest BCUT2D eigenvalue weighted by Gasteiger charge is -2.26. The van der Waals surface area contributed by atoms with Crippen LogP contribution in [0.4, 0.5) is 0 Å². The summed E-state index contributed by atoms with van der Waals surface area (Å²) in [5.74, 6) is -0.479. The molecule has 9 nitrogen and oxygen atoms in total. The first kappa shape index (κ1) is 18.7. The lowest BCUT2D eigenvalue weighted by molar-refractivity contribution is 0.0297. The maximum absolute atomic E-state index is 13.3. The number of hydrogen-bond acceptors (Lipinski definition) is 7. The first-order valence-electron chi connectivity index (χ1n) is 9.93. The smallest absolute Gasteiger partial charge is 0.274 e. The molecular weight excluding hydrogens is 394 g/mol. The number of nitrogens with one attached hydrogen (secondary N) is 1. The minimum atomic E-state index is -3.64. The van der Waals surface area contributed by atoms with Crippen molar-refractivity contribution in [2.24, 2.45) is 0 Å². The monoisotopic (exact) mass is 417 g/mol. The van der Waals surface area contributed by atoms with E-state index in [-0.39, 0.29) is 28.4 Å². The molecule has 3 aliphatic heterocycles. The van der Waals surface area contributed by atoms with Crippen molar-refractivity contribution in [3.8, 4) is 11.3 Å². The quantitative estimate of drug-likeness (QED) is 0.764. The van der Waals surface area contributed by atoms with Gasteiger partial charge in [0.2, 0.25) is 9.84 Å². The number of morpholine rings is 1. The van der Waals surface area contributed by atoms with Gasteiger partial charge in [0.15, 0.2) is 10.7 Å². The molecule has 5 rings (SSSR count). The van der Waals surface area contributed by atoms with Crippen LogP contribution in [-0.2, 0) is 20.3 Å². The van der Waals surface area contributed by atoms with E-state index in [1.807, 2.05) is 4.68 Å². The molecule has 1 atom stereocenters. The molecule has 2 saturated heterocycles. The molecule has 1 amide bonds. The molecule has 3 aliphatic rings. The van der Waals surface area contributed by atoms with E-state index in [4.69, 9.17) is 9.84 Å². The molecule has 0 aromatic carbocycles. The molecule has 2 aromatic heterocycles. The molecule has 0 saturated carbocycles. The molecule has 2 fully saturated rings. The predicted octanol–water partition coefficient (Wildman–Crippen LogP) is 0.629. The van der Waals surface area contributed by atoms with Gasteiger partial charge in [-0.2, -0.15) is 5.10 Å². The zero-order valence-corrected chi connectivity index (χ0v) is 16.8. The Balaban J connectivity index is 1.68. The number of carbonyl (C=O) groups is 1. The Morgan fingerprint density at radius 1 is 1.28 bits per heavy atom. The van der Waals surface area contributed by atoms with Crippen LogP contribution in [0, 0.1) is 0 Å². The molecule has 2 aromatic rings. The maximum Gasteiger partial charge on any atom is 0.274 e. The van der Waals surface area contributed by atoms with Crippen molar-refractivity contribution < 1.29 is 17.9 Å². The summed E-state index contributed by atoms with van der Waals surface area (Å²) in [6.07, 6.45) is 3.42. The first-order chi connectivity index (χ1) is 14.1. The van der Waals surface area contributed by atoms with Crippen molar-refractivity contribution in [1.29, 1.82) is 0 Å². The molecule has 0 radical (unpaired) electrons. The SMILES string of the molecule is O=C(c1nn([C@H]2CCCNC2)c2c1CS(=O)(=O)c1ncccc1-2)N1CCOCC1. The normalized spacial score (nSPS) is 23.3. The predicted molar refractivity (Wildman–Crippen MR) is 104 cm³/mol. The van der Waals surface area contributed by atoms with Crippen molar-refractivity contribution in [1.82, 2.24) is 25.0 Å². The summed E-state index contributed by atoms with van der Waals surface area (Å²) in [7, 11) is -3.64. The number of amides is 1. The fourth-order valence-corrected chi connectivity index (χ4v) is 5.87. The first-order valence-corrected chi connectivity index (χ1v) is 11.6. The molecule has 0 unspecified atom stereocenters. The van der Waals surface area contributed by atoms with Crippen molar-refractivity contribution in [2.75, 3.05) is 39.4 Å². The van der Waals surface area contributed by atoms with Gasteiger partial charge in [0, 0.05) is 37.0 Å². The number of piperidine rings is 1. The molecule has 0 bridgehead atoms. The average Bonchev–Trinajstić information content (AvgIpc) is 3.13. The highest BCUT2D eigenvalue weighted by Gasteiger charge is 2.39. The van der Waals surface area contributed by atoms with E-state index in [1.54, 1.807) is 17.0 Å². The molecule has 1 N–H and O–H groups in total. The van der Waals surface area contributed by atoms with Crippen LogP contribution in [0.3, 0.4) is 0 Å². The Bertz CT molecular complexity index is 1050. The standard InChI is InChI=1S/C19H23N5O4S/c25-19(23-7-9-28-10-8-23)16-15-12-29(26,27)18-14(4-2-6-21-18)17(15)24(22-16)13-3-1-5-20-11-13/h2,4,6,13,20H,1,3,5,7-12H2/t13-/m0/s1. The van der Waals surface area contributed by atoms with Gasteiger partial charge >= 0.3 is 0 Å². The maximum atomic E-state index is 13.3. The molecule has 29 heavy (non-hydrogen) atoms. The highest BCUT2D eigenvalue weighted by Crippen LogP contribution is 2.40. The van der Waals surface area contributed by atoms with Crippen molar-refractivity contribution >= 4 is 15.7 Å². The Hall–Kier alpha value is -2.30. The summed E-state index contributed by atoms with van der Waals surface area (Å²) < 4.78 is 33.0. The third-order valence-electron chi connectivity index (χ3n) is 5.78. The second-order valence-corrected chi connectivity index (χ2v) is 9.55. The largest absolute Gasteiger partial charge is 0.378 e. The van der Waals surface area contributed by atoms with Crippen LogP contribution in [0.1, 0.15) is 34.9 Å². The highest BCUT2D eigenvalue weighted by molar-refractivity contribution is 7.90. The lowest BCUT2D eigenvalue weighted by Crippen LogP contribution is -2.41. The topological polar surface area (TPSA) is 106 Å². The third-order valence-corrected chi connectivity index (χ3v) is 7.36. The Morgan fingerprint density at radius 2 is 2.10 bits per heavy atom. The van der Waals surface area contributed by atoms with Crippen LogP contribution >= 0.6 is 0 Å². The van der Waals surface area contributed by atoms with Gasteiger partial charge in [-0.05, 0) is 31.5 Å². The van der Waals surface area contributed by atoms with Crippen LogP contribution in [0.25, 0.3) is 11.3 Å². The molecule has 10 heteroatoms. The number of pyridine rings is 1. The highest BCUT2D eigenvalue weighted by atomic mass is 32.2. The molecular formula is C19H23N5O4S. The van der Waals surface area contributed by atoms with E-state index in [0.29, 0.717) is 43.1 Å². The molecule has 0 spiro atoms. The van der Waals surface area contributed by atoms with Gasteiger partial charge in [0.25, 0.3) is 5.91 Å². The van der Waals surface area contributed by atoms with Gasteiger partial charge in [-0.25, -0.2) is 13.4 Å². The van der Waals surface area contributed by atoms with Gasteiger partial charge in [0.1, 0.15) is 0 Å². The van der Waals surface area contributed by atoms with Crippen molar-refractivity contribution in [3.05, 3.63) is 29.6 Å². The van der Waals surface area contributed by atoms with E-state index in [0.717, 1.165) is 25.9 Å². The van der Waals surface area contributed by atoms with Gasteiger partial charge < -0.3 is 15.0 Å². The molecule has 0 aliphatic carbocycles. The van der Waals surface area contributed by atoms with Gasteiger partial charge in [-0.15, -0.1) is 0 Å². The second kappa shape index (κ2) is 7.19. The van der Waals surface area contributed by atoms with E-state index < -0.39 is 9.84 Å². The summed E-state index contributed by atoms with van der Waals surface area (Å²) in [6, 6.07) is 3.55. The second-order valence-electron chi connectivity index (χ2n) is 7.64. The van der Waals surface area contributed by atoms with Gasteiger partial charge in [-0.3, -0.25) is 9.48 Å². The number of ether oxygens (including phenoxy) is 1. The summed E-state index contributed by atoms with van der Waals surface area (Å²) in [5.41, 5.74) is 1.99. The lowest BCUT2D eigenvalue weighted by atomic mass is 10.0. The van der Waals surface area contributed by atoms with Crippen LogP contribution in [0.15, 0.2) is 23.4 Å². The summed E-state index contributed by atoms with van der Waals surface area (Å²) in [6.45, 7) is 3.61. The fourth-order valence-electron chi connectivity index (χ4n) is 4.36. The number of aromatic nitrogens is 3. The number of nitrogens with zero attached hydrogens (tertiary/aromatic N) is 4. The Labute approximate surface area is 169 Å². The fraction of sp³-hybridized carbons (Fsp3) is 0.526. The number of carbonyl (C=O) groups excluding carboxylic acids is 1. The number of sulfone groups is 1. The third kappa shape index (κ3) is 3.15.